The predicted molar refractivity (Wildman–Crippen MR) is 135 cm³/mol. The maximum Gasteiger partial charge on any atom is 0.240 e. The number of methoxy groups -OCH3 is 1. The van der Waals surface area contributed by atoms with Gasteiger partial charge in [0.05, 0.1) is 19.1 Å². The summed E-state index contributed by atoms with van der Waals surface area (Å²) < 4.78 is 7.29. The van der Waals surface area contributed by atoms with Crippen molar-refractivity contribution in [2.75, 3.05) is 39.8 Å². The van der Waals surface area contributed by atoms with Crippen LogP contribution in [-0.2, 0) is 33.4 Å². The van der Waals surface area contributed by atoms with Gasteiger partial charge in [0, 0.05) is 65.0 Å². The molecule has 2 saturated heterocycles. The van der Waals surface area contributed by atoms with E-state index in [4.69, 9.17) is 4.74 Å². The Bertz CT molecular complexity index is 1090. The van der Waals surface area contributed by atoms with Crippen LogP contribution < -0.4 is 4.74 Å². The van der Waals surface area contributed by atoms with Gasteiger partial charge in [-0.15, -0.1) is 0 Å². The molecular formula is C27H37N5O4. The standard InChI is InChI=1S/C27H37N5O4/c1-20(2)9-11-32-25(34)18-27(26(32)35,21-5-7-22(36-4)8-6-21)17-24(33)31-15-13-30(14-16-31)19-23-28-10-12-29(23)3/h5-8,10,12,20H,9,11,13-19H2,1-4H3/t27-/m1/s1. The highest BCUT2D eigenvalue weighted by molar-refractivity contribution is 6.10. The van der Waals surface area contributed by atoms with Gasteiger partial charge in [0.2, 0.25) is 17.7 Å². The van der Waals surface area contributed by atoms with Crippen LogP contribution in [0.4, 0.5) is 0 Å². The quantitative estimate of drug-likeness (QED) is 0.496. The van der Waals surface area contributed by atoms with Crippen molar-refractivity contribution in [2.24, 2.45) is 13.0 Å². The van der Waals surface area contributed by atoms with E-state index in [9.17, 15) is 14.4 Å². The fourth-order valence-corrected chi connectivity index (χ4v) is 5.06. The molecule has 0 bridgehead atoms. The fourth-order valence-electron chi connectivity index (χ4n) is 5.06. The number of carbonyl (C=O) groups excluding carboxylic acids is 3. The van der Waals surface area contributed by atoms with E-state index < -0.39 is 5.41 Å². The summed E-state index contributed by atoms with van der Waals surface area (Å²) in [6.45, 7) is 7.90. The van der Waals surface area contributed by atoms with Crippen molar-refractivity contribution in [1.82, 2.24) is 24.3 Å². The van der Waals surface area contributed by atoms with Crippen molar-refractivity contribution in [1.29, 1.82) is 0 Å². The van der Waals surface area contributed by atoms with E-state index in [1.807, 2.05) is 34.8 Å². The third kappa shape index (κ3) is 5.31. The smallest absolute Gasteiger partial charge is 0.240 e. The highest BCUT2D eigenvalue weighted by Crippen LogP contribution is 2.41. The van der Waals surface area contributed by atoms with Crippen molar-refractivity contribution < 1.29 is 19.1 Å². The van der Waals surface area contributed by atoms with Crippen LogP contribution >= 0.6 is 0 Å². The normalized spacial score (nSPS) is 21.0. The zero-order valence-electron chi connectivity index (χ0n) is 21.8. The molecule has 0 unspecified atom stereocenters. The third-order valence-corrected chi connectivity index (χ3v) is 7.45. The lowest BCUT2D eigenvalue weighted by Gasteiger charge is -2.36. The molecule has 2 aromatic rings. The molecule has 0 spiro atoms. The molecule has 9 nitrogen and oxygen atoms in total. The van der Waals surface area contributed by atoms with Gasteiger partial charge in [0.15, 0.2) is 0 Å². The van der Waals surface area contributed by atoms with E-state index in [1.165, 1.54) is 4.90 Å². The maximum atomic E-state index is 13.8. The monoisotopic (exact) mass is 495 g/mol. The minimum atomic E-state index is -1.18. The minimum absolute atomic E-state index is 0.0125. The number of benzene rings is 1. The Balaban J connectivity index is 1.50. The lowest BCUT2D eigenvalue weighted by atomic mass is 9.75. The number of carbonyl (C=O) groups is 3. The number of amides is 3. The van der Waals surface area contributed by atoms with Crippen molar-refractivity contribution >= 4 is 17.7 Å². The van der Waals surface area contributed by atoms with Gasteiger partial charge in [-0.1, -0.05) is 26.0 Å². The maximum absolute atomic E-state index is 13.8. The number of imide groups is 1. The Morgan fingerprint density at radius 1 is 1.11 bits per heavy atom. The Morgan fingerprint density at radius 3 is 2.39 bits per heavy atom. The summed E-state index contributed by atoms with van der Waals surface area (Å²) in [6.07, 6.45) is 4.46. The molecule has 194 valence electrons. The van der Waals surface area contributed by atoms with E-state index in [0.29, 0.717) is 36.9 Å². The number of nitrogens with zero attached hydrogens (tertiary/aromatic N) is 5. The molecule has 9 heteroatoms. The van der Waals surface area contributed by atoms with Gasteiger partial charge in [0.1, 0.15) is 11.6 Å². The zero-order chi connectivity index (χ0) is 25.9. The number of imidazole rings is 1. The summed E-state index contributed by atoms with van der Waals surface area (Å²) in [5.74, 6) is 1.46. The first-order chi connectivity index (χ1) is 17.2. The molecule has 3 amide bonds. The van der Waals surface area contributed by atoms with Gasteiger partial charge in [-0.3, -0.25) is 24.2 Å². The average Bonchev–Trinajstić information content (AvgIpc) is 3.37. The van der Waals surface area contributed by atoms with E-state index >= 15 is 0 Å². The molecule has 3 heterocycles. The topological polar surface area (TPSA) is 88.0 Å². The molecular weight excluding hydrogens is 458 g/mol. The number of hydrogen-bond acceptors (Lipinski definition) is 6. The van der Waals surface area contributed by atoms with E-state index in [2.05, 4.69) is 23.7 Å². The van der Waals surface area contributed by atoms with Crippen LogP contribution in [0.5, 0.6) is 5.75 Å². The number of aryl methyl sites for hydroxylation is 1. The van der Waals surface area contributed by atoms with Gasteiger partial charge >= 0.3 is 0 Å². The molecule has 2 aliphatic rings. The van der Waals surface area contributed by atoms with Crippen LogP contribution in [0.3, 0.4) is 0 Å². The Morgan fingerprint density at radius 2 is 1.81 bits per heavy atom. The van der Waals surface area contributed by atoms with Crippen LogP contribution in [0.15, 0.2) is 36.7 Å². The molecule has 0 radical (unpaired) electrons. The number of piperazine rings is 1. The largest absolute Gasteiger partial charge is 0.497 e. The van der Waals surface area contributed by atoms with Crippen LogP contribution in [-0.4, -0.2) is 81.8 Å². The molecule has 0 aliphatic carbocycles. The average molecular weight is 496 g/mol. The first-order valence-corrected chi connectivity index (χ1v) is 12.7. The highest BCUT2D eigenvalue weighted by Gasteiger charge is 2.54. The summed E-state index contributed by atoms with van der Waals surface area (Å²) in [4.78, 5) is 50.2. The van der Waals surface area contributed by atoms with Crippen LogP contribution in [0.2, 0.25) is 0 Å². The molecule has 0 N–H and O–H groups in total. The molecule has 2 aliphatic heterocycles. The molecule has 1 aromatic heterocycles. The van der Waals surface area contributed by atoms with Crippen LogP contribution in [0, 0.1) is 5.92 Å². The van der Waals surface area contributed by atoms with Gasteiger partial charge < -0.3 is 14.2 Å². The van der Waals surface area contributed by atoms with Gasteiger partial charge in [-0.2, -0.15) is 0 Å². The number of rotatable bonds is 9. The summed E-state index contributed by atoms with van der Waals surface area (Å²) in [6, 6.07) is 7.20. The van der Waals surface area contributed by atoms with Crippen molar-refractivity contribution in [3.05, 3.63) is 48.0 Å². The van der Waals surface area contributed by atoms with Crippen molar-refractivity contribution in [3.8, 4) is 5.75 Å². The van der Waals surface area contributed by atoms with Crippen molar-refractivity contribution in [3.63, 3.8) is 0 Å². The van der Waals surface area contributed by atoms with Gasteiger partial charge in [0.25, 0.3) is 0 Å². The molecule has 1 atom stereocenters. The number of likely N-dealkylation sites (tertiary alicyclic amines) is 1. The molecule has 36 heavy (non-hydrogen) atoms. The predicted octanol–water partition coefficient (Wildman–Crippen LogP) is 2.21. The summed E-state index contributed by atoms with van der Waals surface area (Å²) >= 11 is 0. The Hall–Kier alpha value is -3.20. The van der Waals surface area contributed by atoms with Crippen LogP contribution in [0.25, 0.3) is 0 Å². The lowest BCUT2D eigenvalue weighted by Crippen LogP contribution is -2.50. The van der Waals surface area contributed by atoms with Gasteiger partial charge in [-0.05, 0) is 30.0 Å². The molecule has 2 fully saturated rings. The van der Waals surface area contributed by atoms with E-state index in [1.54, 1.807) is 25.4 Å². The Labute approximate surface area is 213 Å². The summed E-state index contributed by atoms with van der Waals surface area (Å²) in [5, 5.41) is 0. The molecule has 1 aromatic carbocycles. The Kier molecular flexibility index (Phi) is 7.78. The second kappa shape index (κ2) is 10.8. The molecule has 0 saturated carbocycles. The van der Waals surface area contributed by atoms with Crippen LogP contribution in [0.1, 0.15) is 44.5 Å². The summed E-state index contributed by atoms with van der Waals surface area (Å²) in [7, 11) is 3.56. The second-order valence-corrected chi connectivity index (χ2v) is 10.3. The third-order valence-electron chi connectivity index (χ3n) is 7.45. The highest BCUT2D eigenvalue weighted by atomic mass is 16.5. The first kappa shape index (κ1) is 25.9. The minimum Gasteiger partial charge on any atom is -0.497 e. The fraction of sp³-hybridized carbons (Fsp3) is 0.556. The van der Waals surface area contributed by atoms with Gasteiger partial charge in [-0.25, -0.2) is 4.98 Å². The zero-order valence-corrected chi connectivity index (χ0v) is 21.8. The SMILES string of the molecule is COc1ccc([C@@]2(CC(=O)N3CCN(Cc4nccn4C)CC3)CC(=O)N(CCC(C)C)C2=O)cc1. The lowest BCUT2D eigenvalue weighted by molar-refractivity contribution is -0.143. The number of ether oxygens (including phenoxy) is 1. The molecule has 4 rings (SSSR count). The second-order valence-electron chi connectivity index (χ2n) is 10.3. The van der Waals surface area contributed by atoms with E-state index in [-0.39, 0.29) is 30.6 Å². The number of aromatic nitrogens is 2. The van der Waals surface area contributed by atoms with Crippen molar-refractivity contribution in [2.45, 2.75) is 45.1 Å². The summed E-state index contributed by atoms with van der Waals surface area (Å²) in [5.41, 5.74) is -0.489. The van der Waals surface area contributed by atoms with E-state index in [0.717, 1.165) is 31.9 Å². The first-order valence-electron chi connectivity index (χ1n) is 12.7. The number of hydrogen-bond donors (Lipinski definition) is 0.